The lowest BCUT2D eigenvalue weighted by Crippen LogP contribution is -2.30. The fourth-order valence-electron chi connectivity index (χ4n) is 2.19. The van der Waals surface area contributed by atoms with Gasteiger partial charge in [0.1, 0.15) is 5.82 Å². The van der Waals surface area contributed by atoms with E-state index in [0.717, 1.165) is 17.7 Å². The third-order valence-electron chi connectivity index (χ3n) is 3.37. The van der Waals surface area contributed by atoms with Gasteiger partial charge >= 0.3 is 0 Å². The van der Waals surface area contributed by atoms with Crippen molar-refractivity contribution in [2.24, 2.45) is 0 Å². The lowest BCUT2D eigenvalue weighted by molar-refractivity contribution is -0.118. The third kappa shape index (κ3) is 3.87. The van der Waals surface area contributed by atoms with Crippen molar-refractivity contribution in [3.8, 4) is 0 Å². The number of rotatable bonds is 5. The van der Waals surface area contributed by atoms with Crippen molar-refractivity contribution in [1.29, 1.82) is 0 Å². The number of anilines is 1. The van der Waals surface area contributed by atoms with Crippen LogP contribution in [0.1, 0.15) is 18.9 Å². The molecule has 0 aliphatic heterocycles. The van der Waals surface area contributed by atoms with Crippen LogP contribution in [0.4, 0.5) is 18.9 Å². The summed E-state index contributed by atoms with van der Waals surface area (Å²) in [6.07, 6.45) is 0.664. The van der Waals surface area contributed by atoms with E-state index >= 15 is 0 Å². The van der Waals surface area contributed by atoms with Crippen molar-refractivity contribution in [2.45, 2.75) is 19.8 Å². The molecule has 0 atom stereocenters. The molecule has 2 nitrogen and oxygen atoms in total. The molecule has 2 aromatic carbocycles. The van der Waals surface area contributed by atoms with Gasteiger partial charge in [-0.1, -0.05) is 12.1 Å². The zero-order chi connectivity index (χ0) is 16.1. The van der Waals surface area contributed by atoms with Gasteiger partial charge in [-0.05, 0) is 43.2 Å². The minimum Gasteiger partial charge on any atom is -0.313 e. The van der Waals surface area contributed by atoms with E-state index in [0.29, 0.717) is 18.7 Å². The first-order chi connectivity index (χ1) is 10.5. The van der Waals surface area contributed by atoms with E-state index in [4.69, 9.17) is 0 Å². The van der Waals surface area contributed by atoms with Crippen LogP contribution in [0.25, 0.3) is 0 Å². The molecule has 2 aromatic rings. The van der Waals surface area contributed by atoms with Crippen LogP contribution in [0.3, 0.4) is 0 Å². The second-order valence-corrected chi connectivity index (χ2v) is 4.86. The molecule has 0 aliphatic rings. The first-order valence-corrected chi connectivity index (χ1v) is 7.01. The molecule has 0 aliphatic carbocycles. The monoisotopic (exact) mass is 307 g/mol. The van der Waals surface area contributed by atoms with Gasteiger partial charge < -0.3 is 4.90 Å². The molecule has 0 N–H and O–H groups in total. The number of halogens is 3. The second-order valence-electron chi connectivity index (χ2n) is 4.86. The SMILES string of the molecule is CCN(C(=O)CCc1ccc(F)cc1)c1ccc(F)c(F)c1. The highest BCUT2D eigenvalue weighted by Gasteiger charge is 2.15. The van der Waals surface area contributed by atoms with E-state index in [9.17, 15) is 18.0 Å². The van der Waals surface area contributed by atoms with E-state index in [-0.39, 0.29) is 18.1 Å². The number of hydrogen-bond donors (Lipinski definition) is 0. The number of nitrogens with zero attached hydrogens (tertiary/aromatic N) is 1. The van der Waals surface area contributed by atoms with E-state index in [1.54, 1.807) is 19.1 Å². The molecule has 0 saturated carbocycles. The van der Waals surface area contributed by atoms with E-state index in [1.807, 2.05) is 0 Å². The third-order valence-corrected chi connectivity index (χ3v) is 3.37. The molecule has 0 fully saturated rings. The first kappa shape index (κ1) is 16.1. The van der Waals surface area contributed by atoms with Crippen LogP contribution in [0.2, 0.25) is 0 Å². The van der Waals surface area contributed by atoms with E-state index < -0.39 is 11.6 Å². The minimum atomic E-state index is -0.984. The van der Waals surface area contributed by atoms with Crippen molar-refractivity contribution >= 4 is 11.6 Å². The topological polar surface area (TPSA) is 20.3 Å². The van der Waals surface area contributed by atoms with Gasteiger partial charge in [-0.25, -0.2) is 13.2 Å². The molecule has 0 heterocycles. The highest BCUT2D eigenvalue weighted by molar-refractivity contribution is 5.93. The molecule has 22 heavy (non-hydrogen) atoms. The van der Waals surface area contributed by atoms with Crippen LogP contribution in [0.5, 0.6) is 0 Å². The van der Waals surface area contributed by atoms with Gasteiger partial charge in [-0.15, -0.1) is 0 Å². The Balaban J connectivity index is 2.05. The summed E-state index contributed by atoms with van der Waals surface area (Å²) in [6, 6.07) is 9.30. The average Bonchev–Trinajstić information content (AvgIpc) is 2.51. The fourth-order valence-corrected chi connectivity index (χ4v) is 2.19. The molecule has 0 saturated heterocycles. The smallest absolute Gasteiger partial charge is 0.227 e. The second kappa shape index (κ2) is 7.11. The zero-order valence-corrected chi connectivity index (χ0v) is 12.2. The largest absolute Gasteiger partial charge is 0.313 e. The zero-order valence-electron chi connectivity index (χ0n) is 12.2. The van der Waals surface area contributed by atoms with Gasteiger partial charge in [-0.2, -0.15) is 0 Å². The minimum absolute atomic E-state index is 0.196. The summed E-state index contributed by atoms with van der Waals surface area (Å²) in [7, 11) is 0. The van der Waals surface area contributed by atoms with Crippen LogP contribution in [-0.4, -0.2) is 12.5 Å². The molecule has 0 spiro atoms. The summed E-state index contributed by atoms with van der Waals surface area (Å²) in [5.41, 5.74) is 1.17. The Bertz CT molecular complexity index is 655. The number of hydrogen-bond acceptors (Lipinski definition) is 1. The van der Waals surface area contributed by atoms with Crippen LogP contribution in [0.15, 0.2) is 42.5 Å². The molecule has 5 heteroatoms. The lowest BCUT2D eigenvalue weighted by atomic mass is 10.1. The van der Waals surface area contributed by atoms with Crippen molar-refractivity contribution < 1.29 is 18.0 Å². The maximum Gasteiger partial charge on any atom is 0.227 e. The first-order valence-electron chi connectivity index (χ1n) is 7.01. The van der Waals surface area contributed by atoms with Gasteiger partial charge in [0, 0.05) is 24.7 Å². The van der Waals surface area contributed by atoms with Gasteiger partial charge in [0.15, 0.2) is 11.6 Å². The lowest BCUT2D eigenvalue weighted by Gasteiger charge is -2.21. The predicted molar refractivity (Wildman–Crippen MR) is 79.1 cm³/mol. The van der Waals surface area contributed by atoms with Crippen LogP contribution < -0.4 is 4.90 Å². The Morgan fingerprint density at radius 1 is 1.00 bits per heavy atom. The quantitative estimate of drug-likeness (QED) is 0.815. The molecule has 0 unspecified atom stereocenters. The number of amides is 1. The fraction of sp³-hybridized carbons (Fsp3) is 0.235. The molecule has 0 bridgehead atoms. The maximum absolute atomic E-state index is 13.3. The number of benzene rings is 2. The van der Waals surface area contributed by atoms with Gasteiger partial charge in [-0.3, -0.25) is 4.79 Å². The summed E-state index contributed by atoms with van der Waals surface area (Å²) in [6.45, 7) is 2.12. The molecule has 2 rings (SSSR count). The Kier molecular flexibility index (Phi) is 5.20. The highest BCUT2D eigenvalue weighted by Crippen LogP contribution is 2.19. The summed E-state index contributed by atoms with van der Waals surface area (Å²) < 4.78 is 39.1. The molecule has 0 radical (unpaired) electrons. The Labute approximate surface area is 127 Å². The van der Waals surface area contributed by atoms with E-state index in [1.165, 1.54) is 23.1 Å². The number of carbonyl (C=O) groups is 1. The van der Waals surface area contributed by atoms with Crippen LogP contribution in [-0.2, 0) is 11.2 Å². The summed E-state index contributed by atoms with van der Waals surface area (Å²) >= 11 is 0. The molecular formula is C17H16F3NO. The molecule has 1 amide bonds. The molecular weight excluding hydrogens is 291 g/mol. The molecule has 116 valence electrons. The van der Waals surface area contributed by atoms with Crippen molar-refractivity contribution in [2.75, 3.05) is 11.4 Å². The van der Waals surface area contributed by atoms with E-state index in [2.05, 4.69) is 0 Å². The summed E-state index contributed by atoms with van der Waals surface area (Å²) in [5, 5.41) is 0. The standard InChI is InChI=1S/C17H16F3NO/c1-2-21(14-8-9-15(19)16(20)11-14)17(22)10-5-12-3-6-13(18)7-4-12/h3-4,6-9,11H,2,5,10H2,1H3. The summed E-state index contributed by atoms with van der Waals surface area (Å²) in [5.74, 6) is -2.45. The van der Waals surface area contributed by atoms with Gasteiger partial charge in [0.05, 0.1) is 0 Å². The summed E-state index contributed by atoms with van der Waals surface area (Å²) in [4.78, 5) is 13.6. The Hall–Kier alpha value is -2.30. The Morgan fingerprint density at radius 2 is 1.68 bits per heavy atom. The Morgan fingerprint density at radius 3 is 2.27 bits per heavy atom. The average molecular weight is 307 g/mol. The van der Waals surface area contributed by atoms with Crippen molar-refractivity contribution in [3.63, 3.8) is 0 Å². The maximum atomic E-state index is 13.3. The molecule has 0 aromatic heterocycles. The van der Waals surface area contributed by atoms with Gasteiger partial charge in [0.2, 0.25) is 5.91 Å². The van der Waals surface area contributed by atoms with Crippen molar-refractivity contribution in [1.82, 2.24) is 0 Å². The van der Waals surface area contributed by atoms with Crippen molar-refractivity contribution in [3.05, 3.63) is 65.5 Å². The normalized spacial score (nSPS) is 10.5. The van der Waals surface area contributed by atoms with Crippen LogP contribution >= 0.6 is 0 Å². The number of aryl methyl sites for hydroxylation is 1. The predicted octanol–water partition coefficient (Wildman–Crippen LogP) is 4.09. The van der Waals surface area contributed by atoms with Gasteiger partial charge in [0.25, 0.3) is 0 Å². The number of carbonyl (C=O) groups excluding carboxylic acids is 1. The highest BCUT2D eigenvalue weighted by atomic mass is 19.2. The van der Waals surface area contributed by atoms with Crippen LogP contribution in [0, 0.1) is 17.5 Å².